The average molecular weight is 344 g/mol. The van der Waals surface area contributed by atoms with Crippen molar-refractivity contribution in [1.29, 1.82) is 0 Å². The van der Waals surface area contributed by atoms with Gasteiger partial charge in [0.05, 0.1) is 5.92 Å². The van der Waals surface area contributed by atoms with Gasteiger partial charge in [0.2, 0.25) is 5.91 Å². The van der Waals surface area contributed by atoms with E-state index >= 15 is 0 Å². The molecule has 0 radical (unpaired) electrons. The number of benzene rings is 1. The van der Waals surface area contributed by atoms with E-state index in [9.17, 15) is 9.59 Å². The number of anilines is 2. The predicted molar refractivity (Wildman–Crippen MR) is 98.7 cm³/mol. The highest BCUT2D eigenvalue weighted by molar-refractivity contribution is 5.93. The summed E-state index contributed by atoms with van der Waals surface area (Å²) in [5.41, 5.74) is 1.82. The molecule has 0 bridgehead atoms. The lowest BCUT2D eigenvalue weighted by Crippen LogP contribution is -2.29. The van der Waals surface area contributed by atoms with E-state index in [4.69, 9.17) is 5.11 Å². The van der Waals surface area contributed by atoms with E-state index in [-0.39, 0.29) is 17.7 Å². The van der Waals surface area contributed by atoms with Crippen LogP contribution < -0.4 is 10.6 Å². The SMILES string of the molecule is O=C(O)C1CCC(Nc2cccc(NC(=O)C3CCCCC3)c2)CC1. The largest absolute Gasteiger partial charge is 0.481 e. The Balaban J connectivity index is 1.53. The van der Waals surface area contributed by atoms with Gasteiger partial charge in [-0.25, -0.2) is 0 Å². The smallest absolute Gasteiger partial charge is 0.306 e. The third kappa shape index (κ3) is 4.97. The Morgan fingerprint density at radius 1 is 0.880 bits per heavy atom. The standard InChI is InChI=1S/C20H28N2O3/c23-19(14-5-2-1-3-6-14)22-18-8-4-7-17(13-18)21-16-11-9-15(10-12-16)20(24)25/h4,7-8,13-16,21H,1-3,5-6,9-12H2,(H,22,23)(H,24,25). The van der Waals surface area contributed by atoms with Crippen LogP contribution in [0.3, 0.4) is 0 Å². The monoisotopic (exact) mass is 344 g/mol. The van der Waals surface area contributed by atoms with Crippen LogP contribution in [0.2, 0.25) is 0 Å². The molecule has 5 heteroatoms. The molecule has 136 valence electrons. The number of amides is 1. The normalized spacial score (nSPS) is 24.5. The van der Waals surface area contributed by atoms with Crippen LogP contribution in [0.4, 0.5) is 11.4 Å². The van der Waals surface area contributed by atoms with Crippen molar-refractivity contribution in [2.75, 3.05) is 10.6 Å². The van der Waals surface area contributed by atoms with Crippen molar-refractivity contribution in [2.45, 2.75) is 63.8 Å². The quantitative estimate of drug-likeness (QED) is 0.746. The Kier molecular flexibility index (Phi) is 5.95. The van der Waals surface area contributed by atoms with E-state index in [1.807, 2.05) is 24.3 Å². The second-order valence-electron chi connectivity index (χ2n) is 7.44. The number of rotatable bonds is 5. The van der Waals surface area contributed by atoms with E-state index in [0.717, 1.165) is 62.7 Å². The summed E-state index contributed by atoms with van der Waals surface area (Å²) in [5, 5.41) is 15.6. The van der Waals surface area contributed by atoms with Gasteiger partial charge >= 0.3 is 5.97 Å². The lowest BCUT2D eigenvalue weighted by molar-refractivity contribution is -0.142. The summed E-state index contributed by atoms with van der Waals surface area (Å²) in [4.78, 5) is 23.4. The van der Waals surface area contributed by atoms with Crippen LogP contribution in [-0.4, -0.2) is 23.0 Å². The summed E-state index contributed by atoms with van der Waals surface area (Å²) in [6.07, 6.45) is 8.74. The van der Waals surface area contributed by atoms with Gasteiger partial charge in [0, 0.05) is 23.3 Å². The fourth-order valence-corrected chi connectivity index (χ4v) is 4.02. The molecule has 5 nitrogen and oxygen atoms in total. The molecule has 0 atom stereocenters. The minimum Gasteiger partial charge on any atom is -0.481 e. The predicted octanol–water partition coefficient (Wildman–Crippen LogP) is 4.26. The molecule has 0 unspecified atom stereocenters. The first kappa shape index (κ1) is 17.8. The first-order valence-electron chi connectivity index (χ1n) is 9.52. The van der Waals surface area contributed by atoms with Crippen LogP contribution in [0.5, 0.6) is 0 Å². The summed E-state index contributed by atoms with van der Waals surface area (Å²) in [5.74, 6) is -0.583. The first-order valence-corrected chi connectivity index (χ1v) is 9.52. The lowest BCUT2D eigenvalue weighted by Gasteiger charge is -2.27. The zero-order chi connectivity index (χ0) is 17.6. The zero-order valence-corrected chi connectivity index (χ0v) is 14.7. The molecule has 2 aliphatic rings. The maximum Gasteiger partial charge on any atom is 0.306 e. The van der Waals surface area contributed by atoms with Crippen molar-refractivity contribution in [3.63, 3.8) is 0 Å². The molecule has 0 aliphatic heterocycles. The molecule has 2 aliphatic carbocycles. The topological polar surface area (TPSA) is 78.4 Å². The molecule has 0 spiro atoms. The number of carboxylic acid groups (broad SMARTS) is 1. The van der Waals surface area contributed by atoms with Crippen LogP contribution in [0.15, 0.2) is 24.3 Å². The van der Waals surface area contributed by atoms with Gasteiger partial charge in [0.1, 0.15) is 0 Å². The van der Waals surface area contributed by atoms with Crippen molar-refractivity contribution < 1.29 is 14.7 Å². The fraction of sp³-hybridized carbons (Fsp3) is 0.600. The van der Waals surface area contributed by atoms with Crippen molar-refractivity contribution in [3.05, 3.63) is 24.3 Å². The highest BCUT2D eigenvalue weighted by Crippen LogP contribution is 2.28. The van der Waals surface area contributed by atoms with Crippen molar-refractivity contribution in [2.24, 2.45) is 11.8 Å². The van der Waals surface area contributed by atoms with Crippen LogP contribution in [0, 0.1) is 11.8 Å². The van der Waals surface area contributed by atoms with E-state index in [1.165, 1.54) is 6.42 Å². The summed E-state index contributed by atoms with van der Waals surface area (Å²) >= 11 is 0. The fourth-order valence-electron chi connectivity index (χ4n) is 4.02. The van der Waals surface area contributed by atoms with Gasteiger partial charge in [-0.15, -0.1) is 0 Å². The number of aliphatic carboxylic acids is 1. The van der Waals surface area contributed by atoms with Gasteiger partial charge in [0.15, 0.2) is 0 Å². The van der Waals surface area contributed by atoms with Gasteiger partial charge in [-0.3, -0.25) is 9.59 Å². The third-order valence-corrected chi connectivity index (χ3v) is 5.55. The molecule has 0 saturated heterocycles. The molecule has 1 aromatic carbocycles. The Hall–Kier alpha value is -2.04. The minimum atomic E-state index is -0.675. The Morgan fingerprint density at radius 2 is 1.56 bits per heavy atom. The van der Waals surface area contributed by atoms with E-state index in [2.05, 4.69) is 10.6 Å². The van der Waals surface area contributed by atoms with Crippen molar-refractivity contribution in [3.8, 4) is 0 Å². The number of carbonyl (C=O) groups excluding carboxylic acids is 1. The van der Waals surface area contributed by atoms with Gasteiger partial charge in [0.25, 0.3) is 0 Å². The van der Waals surface area contributed by atoms with E-state index in [0.29, 0.717) is 6.04 Å². The number of hydrogen-bond donors (Lipinski definition) is 3. The summed E-state index contributed by atoms with van der Waals surface area (Å²) in [6.45, 7) is 0. The highest BCUT2D eigenvalue weighted by Gasteiger charge is 2.26. The molecule has 25 heavy (non-hydrogen) atoms. The molecule has 3 N–H and O–H groups in total. The number of carboxylic acids is 1. The first-order chi connectivity index (χ1) is 12.1. The molecular formula is C20H28N2O3. The number of hydrogen-bond acceptors (Lipinski definition) is 3. The van der Waals surface area contributed by atoms with Crippen LogP contribution in [0.25, 0.3) is 0 Å². The Morgan fingerprint density at radius 3 is 2.24 bits per heavy atom. The zero-order valence-electron chi connectivity index (χ0n) is 14.7. The van der Waals surface area contributed by atoms with Crippen molar-refractivity contribution >= 4 is 23.3 Å². The van der Waals surface area contributed by atoms with Gasteiger partial charge in [-0.05, 0) is 56.7 Å². The molecule has 1 amide bonds. The summed E-state index contributed by atoms with van der Waals surface area (Å²) < 4.78 is 0. The minimum absolute atomic E-state index is 0.138. The second-order valence-corrected chi connectivity index (χ2v) is 7.44. The molecule has 3 rings (SSSR count). The maximum atomic E-state index is 12.4. The van der Waals surface area contributed by atoms with Crippen LogP contribution >= 0.6 is 0 Å². The molecule has 0 heterocycles. The highest BCUT2D eigenvalue weighted by atomic mass is 16.4. The summed E-state index contributed by atoms with van der Waals surface area (Å²) in [6, 6.07) is 8.15. The van der Waals surface area contributed by atoms with Crippen LogP contribution in [-0.2, 0) is 9.59 Å². The molecule has 2 fully saturated rings. The summed E-state index contributed by atoms with van der Waals surface area (Å²) in [7, 11) is 0. The van der Waals surface area contributed by atoms with Gasteiger partial charge < -0.3 is 15.7 Å². The molecule has 0 aromatic heterocycles. The Labute approximate surface area is 149 Å². The second kappa shape index (κ2) is 8.37. The molecule has 2 saturated carbocycles. The average Bonchev–Trinajstić information content (AvgIpc) is 2.63. The lowest BCUT2D eigenvalue weighted by atomic mass is 9.86. The molecule has 1 aromatic rings. The van der Waals surface area contributed by atoms with E-state index < -0.39 is 5.97 Å². The Bertz CT molecular complexity index is 603. The third-order valence-electron chi connectivity index (χ3n) is 5.55. The maximum absolute atomic E-state index is 12.4. The van der Waals surface area contributed by atoms with Crippen LogP contribution in [0.1, 0.15) is 57.8 Å². The number of carbonyl (C=O) groups is 2. The van der Waals surface area contributed by atoms with E-state index in [1.54, 1.807) is 0 Å². The number of nitrogens with one attached hydrogen (secondary N) is 2. The van der Waals surface area contributed by atoms with Crippen molar-refractivity contribution in [1.82, 2.24) is 0 Å². The van der Waals surface area contributed by atoms with Gasteiger partial charge in [-0.1, -0.05) is 25.3 Å². The van der Waals surface area contributed by atoms with Gasteiger partial charge in [-0.2, -0.15) is 0 Å². The molecular weight excluding hydrogens is 316 g/mol.